The molecule has 0 N–H and O–H groups in total. The number of hydrogen-bond acceptors (Lipinski definition) is 3. The van der Waals surface area contributed by atoms with Crippen LogP contribution in [0.3, 0.4) is 0 Å². The summed E-state index contributed by atoms with van der Waals surface area (Å²) in [6.07, 6.45) is -0.871. The maximum absolute atomic E-state index is 13.7. The van der Waals surface area contributed by atoms with E-state index in [2.05, 4.69) is 4.74 Å². The number of carbonyl (C=O) groups is 1. The third kappa shape index (κ3) is 1.80. The predicted octanol–water partition coefficient (Wildman–Crippen LogP) is 2.06. The minimum Gasteiger partial charge on any atom is -0.467 e. The molecule has 1 aromatic carbocycles. The Hall–Kier alpha value is -1.49. The Labute approximate surface area is 97.3 Å². The second-order valence-corrected chi connectivity index (χ2v) is 4.21. The van der Waals surface area contributed by atoms with Gasteiger partial charge in [-0.25, -0.2) is 13.6 Å². The molecule has 1 aliphatic heterocycles. The number of aryl methyl sites for hydroxylation is 1. The lowest BCUT2D eigenvalue weighted by molar-refractivity contribution is -0.142. The lowest BCUT2D eigenvalue weighted by atomic mass is 9.95. The van der Waals surface area contributed by atoms with Gasteiger partial charge in [-0.15, -0.1) is 0 Å². The highest BCUT2D eigenvalue weighted by Crippen LogP contribution is 2.47. The van der Waals surface area contributed by atoms with Crippen LogP contribution in [-0.4, -0.2) is 19.2 Å². The number of carbonyl (C=O) groups excluding carboxylic acids is 1. The van der Waals surface area contributed by atoms with Crippen LogP contribution < -0.4 is 0 Å². The van der Waals surface area contributed by atoms with Crippen molar-refractivity contribution >= 4 is 5.97 Å². The van der Waals surface area contributed by atoms with Gasteiger partial charge in [0.25, 0.3) is 0 Å². The smallest absolute Gasteiger partial charge is 0.338 e. The highest BCUT2D eigenvalue weighted by molar-refractivity contribution is 5.79. The maximum atomic E-state index is 13.7. The number of esters is 1. The zero-order valence-electron chi connectivity index (χ0n) is 9.71. The van der Waals surface area contributed by atoms with E-state index in [0.29, 0.717) is 0 Å². The number of halogens is 2. The SMILES string of the molecule is COC(=O)C1OC1(C)c1cc(F)c(C)cc1F. The molecule has 0 radical (unpaired) electrons. The summed E-state index contributed by atoms with van der Waals surface area (Å²) in [6, 6.07) is 2.15. The minimum absolute atomic E-state index is 0.0380. The molecule has 2 atom stereocenters. The van der Waals surface area contributed by atoms with Crippen molar-refractivity contribution in [3.05, 3.63) is 34.9 Å². The van der Waals surface area contributed by atoms with Crippen molar-refractivity contribution in [3.63, 3.8) is 0 Å². The van der Waals surface area contributed by atoms with Crippen molar-refractivity contribution in [2.24, 2.45) is 0 Å². The molecule has 2 unspecified atom stereocenters. The Morgan fingerprint density at radius 2 is 2.06 bits per heavy atom. The van der Waals surface area contributed by atoms with Crippen LogP contribution in [0.25, 0.3) is 0 Å². The van der Waals surface area contributed by atoms with Gasteiger partial charge in [-0.3, -0.25) is 0 Å². The molecule has 3 nitrogen and oxygen atoms in total. The lowest BCUT2D eigenvalue weighted by Crippen LogP contribution is -2.19. The fourth-order valence-electron chi connectivity index (χ4n) is 1.82. The molecule has 1 aliphatic rings. The van der Waals surface area contributed by atoms with Crippen LogP contribution in [0.1, 0.15) is 18.1 Å². The Morgan fingerprint density at radius 1 is 1.41 bits per heavy atom. The zero-order chi connectivity index (χ0) is 12.8. The van der Waals surface area contributed by atoms with Gasteiger partial charge < -0.3 is 9.47 Å². The molecule has 1 fully saturated rings. The fraction of sp³-hybridized carbons (Fsp3) is 0.417. The molecule has 1 saturated heterocycles. The van der Waals surface area contributed by atoms with Crippen LogP contribution in [0.2, 0.25) is 0 Å². The molecule has 5 heteroatoms. The van der Waals surface area contributed by atoms with Gasteiger partial charge in [0.05, 0.1) is 7.11 Å². The van der Waals surface area contributed by atoms with Crippen molar-refractivity contribution in [2.75, 3.05) is 7.11 Å². The summed E-state index contributed by atoms with van der Waals surface area (Å²) in [5.41, 5.74) is -0.882. The summed E-state index contributed by atoms with van der Waals surface area (Å²) >= 11 is 0. The molecule has 92 valence electrons. The first-order valence-electron chi connectivity index (χ1n) is 5.12. The van der Waals surface area contributed by atoms with Crippen LogP contribution in [0, 0.1) is 18.6 Å². The summed E-state index contributed by atoms with van der Waals surface area (Å²) in [5.74, 6) is -1.70. The number of rotatable bonds is 2. The van der Waals surface area contributed by atoms with Crippen molar-refractivity contribution < 1.29 is 23.0 Å². The van der Waals surface area contributed by atoms with Crippen LogP contribution in [0.5, 0.6) is 0 Å². The van der Waals surface area contributed by atoms with E-state index < -0.39 is 29.3 Å². The average Bonchev–Trinajstić information content (AvgIpc) is 2.96. The molecule has 2 rings (SSSR count). The molecule has 17 heavy (non-hydrogen) atoms. The van der Waals surface area contributed by atoms with Crippen molar-refractivity contribution in [2.45, 2.75) is 25.6 Å². The van der Waals surface area contributed by atoms with Crippen LogP contribution in [0.15, 0.2) is 12.1 Å². The van der Waals surface area contributed by atoms with Gasteiger partial charge in [0, 0.05) is 5.56 Å². The topological polar surface area (TPSA) is 38.8 Å². The average molecular weight is 242 g/mol. The highest BCUT2D eigenvalue weighted by atomic mass is 19.1. The number of benzene rings is 1. The molecule has 0 aromatic heterocycles. The third-order valence-corrected chi connectivity index (χ3v) is 3.00. The molecule has 0 bridgehead atoms. The van der Waals surface area contributed by atoms with E-state index in [-0.39, 0.29) is 11.1 Å². The molecule has 0 aliphatic carbocycles. The quantitative estimate of drug-likeness (QED) is 0.588. The third-order valence-electron chi connectivity index (χ3n) is 3.00. The van der Waals surface area contributed by atoms with Gasteiger partial charge in [0.2, 0.25) is 0 Å². The normalized spacial score (nSPS) is 26.8. The van der Waals surface area contributed by atoms with Gasteiger partial charge in [-0.05, 0) is 31.5 Å². The van der Waals surface area contributed by atoms with E-state index in [1.807, 2.05) is 0 Å². The van der Waals surface area contributed by atoms with E-state index in [4.69, 9.17) is 4.74 Å². The standard InChI is InChI=1S/C12H12F2O3/c1-6-4-9(14)7(5-8(6)13)12(2)10(17-12)11(15)16-3/h4-5,10H,1-3H3. The van der Waals surface area contributed by atoms with Gasteiger partial charge in [-0.1, -0.05) is 0 Å². The van der Waals surface area contributed by atoms with E-state index in [1.54, 1.807) is 0 Å². The Kier molecular flexibility index (Phi) is 2.66. The second-order valence-electron chi connectivity index (χ2n) is 4.21. The van der Waals surface area contributed by atoms with Crippen LogP contribution in [0.4, 0.5) is 8.78 Å². The molecule has 0 saturated carbocycles. The van der Waals surface area contributed by atoms with Crippen molar-refractivity contribution in [1.82, 2.24) is 0 Å². The van der Waals surface area contributed by atoms with E-state index in [1.165, 1.54) is 21.0 Å². The summed E-state index contributed by atoms with van der Waals surface area (Å²) in [6.45, 7) is 3.00. The molecular weight excluding hydrogens is 230 g/mol. The number of methoxy groups -OCH3 is 1. The lowest BCUT2D eigenvalue weighted by Gasteiger charge is -2.09. The summed E-state index contributed by atoms with van der Waals surface area (Å²) in [4.78, 5) is 11.3. The zero-order valence-corrected chi connectivity index (χ0v) is 9.71. The van der Waals surface area contributed by atoms with Gasteiger partial charge in [0.1, 0.15) is 17.2 Å². The summed E-state index contributed by atoms with van der Waals surface area (Å²) in [5, 5.41) is 0. The van der Waals surface area contributed by atoms with Gasteiger partial charge >= 0.3 is 5.97 Å². The minimum atomic E-state index is -1.13. The fourth-order valence-corrected chi connectivity index (χ4v) is 1.82. The second kappa shape index (κ2) is 3.77. The van der Waals surface area contributed by atoms with E-state index in [0.717, 1.165) is 12.1 Å². The maximum Gasteiger partial charge on any atom is 0.338 e. The Morgan fingerprint density at radius 3 is 2.65 bits per heavy atom. The van der Waals surface area contributed by atoms with Crippen molar-refractivity contribution in [3.8, 4) is 0 Å². The molecule has 0 spiro atoms. The van der Waals surface area contributed by atoms with Crippen LogP contribution in [-0.2, 0) is 19.9 Å². The number of epoxide rings is 1. The Balaban J connectivity index is 2.37. The van der Waals surface area contributed by atoms with E-state index in [9.17, 15) is 13.6 Å². The van der Waals surface area contributed by atoms with Gasteiger partial charge in [0.15, 0.2) is 6.10 Å². The largest absolute Gasteiger partial charge is 0.467 e. The Bertz CT molecular complexity index is 487. The number of hydrogen-bond donors (Lipinski definition) is 0. The highest BCUT2D eigenvalue weighted by Gasteiger charge is 2.60. The number of ether oxygens (including phenoxy) is 2. The predicted molar refractivity (Wildman–Crippen MR) is 55.3 cm³/mol. The summed E-state index contributed by atoms with van der Waals surface area (Å²) in [7, 11) is 1.22. The first-order valence-corrected chi connectivity index (χ1v) is 5.12. The molecule has 0 amide bonds. The van der Waals surface area contributed by atoms with Gasteiger partial charge in [-0.2, -0.15) is 0 Å². The molecule has 1 heterocycles. The monoisotopic (exact) mass is 242 g/mol. The van der Waals surface area contributed by atoms with E-state index >= 15 is 0 Å². The molecular formula is C12H12F2O3. The first kappa shape index (κ1) is 12.0. The summed E-state index contributed by atoms with van der Waals surface area (Å²) < 4.78 is 36.7. The molecule has 1 aromatic rings. The first-order chi connectivity index (χ1) is 7.90. The van der Waals surface area contributed by atoms with Crippen LogP contribution >= 0.6 is 0 Å². The van der Waals surface area contributed by atoms with Crippen molar-refractivity contribution in [1.29, 1.82) is 0 Å².